The van der Waals surface area contributed by atoms with Crippen molar-refractivity contribution in [2.45, 2.75) is 11.8 Å². The second-order valence-corrected chi connectivity index (χ2v) is 3.65. The molecule has 0 aliphatic carbocycles. The van der Waals surface area contributed by atoms with Crippen molar-refractivity contribution in [1.29, 1.82) is 0 Å². The van der Waals surface area contributed by atoms with Gasteiger partial charge in [0.05, 0.1) is 10.6 Å². The summed E-state index contributed by atoms with van der Waals surface area (Å²) in [5, 5.41) is 2.73. The largest absolute Gasteiger partial charge is 0.309 e. The van der Waals surface area contributed by atoms with Gasteiger partial charge in [0.15, 0.2) is 0 Å². The lowest BCUT2D eigenvalue weighted by molar-refractivity contribution is -0.113. The van der Waals surface area contributed by atoms with Crippen LogP contribution in [0.4, 0.5) is 5.82 Å². The number of nitrogens with zero attached hydrogens (tertiary/aromatic N) is 1. The van der Waals surface area contributed by atoms with E-state index in [9.17, 15) is 4.79 Å². The van der Waals surface area contributed by atoms with Crippen molar-refractivity contribution in [1.82, 2.24) is 4.98 Å². The van der Waals surface area contributed by atoms with E-state index >= 15 is 0 Å². The molecule has 0 saturated carbocycles. The van der Waals surface area contributed by atoms with Crippen molar-refractivity contribution in [2.24, 2.45) is 0 Å². The third kappa shape index (κ3) is 1.30. The standard InChI is InChI=1S/C8H8N2OS/c1-5-2-3-6-8(9-5)10-7(11)4-12-6/h2-3H,4H2,1H3,(H,9,10,11). The highest BCUT2D eigenvalue weighted by Gasteiger charge is 2.15. The summed E-state index contributed by atoms with van der Waals surface area (Å²) >= 11 is 1.53. The Morgan fingerprint density at radius 2 is 2.42 bits per heavy atom. The molecule has 12 heavy (non-hydrogen) atoms. The molecule has 0 bridgehead atoms. The van der Waals surface area contributed by atoms with Crippen molar-refractivity contribution in [3.8, 4) is 0 Å². The van der Waals surface area contributed by atoms with Gasteiger partial charge in [-0.1, -0.05) is 0 Å². The second-order valence-electron chi connectivity index (χ2n) is 2.64. The molecule has 1 aromatic heterocycles. The number of pyridine rings is 1. The maximum absolute atomic E-state index is 11.0. The smallest absolute Gasteiger partial charge is 0.235 e. The van der Waals surface area contributed by atoms with Crippen molar-refractivity contribution < 1.29 is 4.79 Å². The van der Waals surface area contributed by atoms with E-state index in [0.717, 1.165) is 10.6 Å². The van der Waals surface area contributed by atoms with Crippen LogP contribution in [0.3, 0.4) is 0 Å². The number of anilines is 1. The number of nitrogens with one attached hydrogen (secondary N) is 1. The molecule has 0 atom stereocenters. The van der Waals surface area contributed by atoms with Crippen LogP contribution in [0.2, 0.25) is 0 Å². The molecule has 3 nitrogen and oxygen atoms in total. The van der Waals surface area contributed by atoms with Crippen LogP contribution in [0.25, 0.3) is 0 Å². The Hall–Kier alpha value is -1.03. The Bertz CT molecular complexity index is 338. The fourth-order valence-corrected chi connectivity index (χ4v) is 1.82. The fraction of sp³-hybridized carbons (Fsp3) is 0.250. The lowest BCUT2D eigenvalue weighted by Gasteiger charge is -2.14. The van der Waals surface area contributed by atoms with Crippen LogP contribution < -0.4 is 5.32 Å². The van der Waals surface area contributed by atoms with Gasteiger partial charge in [0.25, 0.3) is 0 Å². The van der Waals surface area contributed by atoms with Crippen LogP contribution in [-0.2, 0) is 4.79 Å². The summed E-state index contributed by atoms with van der Waals surface area (Å²) in [5.74, 6) is 1.24. The lowest BCUT2D eigenvalue weighted by Crippen LogP contribution is -2.19. The summed E-state index contributed by atoms with van der Waals surface area (Å²) in [6.07, 6.45) is 0. The van der Waals surface area contributed by atoms with Crippen LogP contribution in [0, 0.1) is 6.92 Å². The van der Waals surface area contributed by atoms with Gasteiger partial charge in [0.1, 0.15) is 5.82 Å². The van der Waals surface area contributed by atoms with E-state index in [-0.39, 0.29) is 5.91 Å². The monoisotopic (exact) mass is 180 g/mol. The summed E-state index contributed by atoms with van der Waals surface area (Å²) < 4.78 is 0. The molecule has 0 spiro atoms. The number of amides is 1. The quantitative estimate of drug-likeness (QED) is 0.656. The SMILES string of the molecule is Cc1ccc2c(n1)NC(=O)CS2. The molecule has 0 unspecified atom stereocenters. The van der Waals surface area contributed by atoms with Gasteiger partial charge in [0, 0.05) is 5.69 Å². The summed E-state index contributed by atoms with van der Waals surface area (Å²) in [6.45, 7) is 1.91. The zero-order valence-electron chi connectivity index (χ0n) is 6.63. The van der Waals surface area contributed by atoms with Crippen molar-refractivity contribution in [3.63, 3.8) is 0 Å². The van der Waals surface area contributed by atoms with Gasteiger partial charge in [-0.2, -0.15) is 0 Å². The van der Waals surface area contributed by atoms with Crippen molar-refractivity contribution in [3.05, 3.63) is 17.8 Å². The third-order valence-electron chi connectivity index (χ3n) is 1.61. The van der Waals surface area contributed by atoms with Gasteiger partial charge >= 0.3 is 0 Å². The van der Waals surface area contributed by atoms with E-state index in [2.05, 4.69) is 10.3 Å². The first-order valence-electron chi connectivity index (χ1n) is 3.66. The molecular weight excluding hydrogens is 172 g/mol. The van der Waals surface area contributed by atoms with Crippen LogP contribution in [0.5, 0.6) is 0 Å². The molecule has 1 aliphatic rings. The molecule has 0 aromatic carbocycles. The number of fused-ring (bicyclic) bond motifs is 1. The average Bonchev–Trinajstić information content (AvgIpc) is 2.03. The highest BCUT2D eigenvalue weighted by Crippen LogP contribution is 2.29. The lowest BCUT2D eigenvalue weighted by atomic mass is 10.3. The summed E-state index contributed by atoms with van der Waals surface area (Å²) in [7, 11) is 0. The Morgan fingerprint density at radius 1 is 1.58 bits per heavy atom. The molecule has 2 rings (SSSR count). The number of aryl methyl sites for hydroxylation is 1. The minimum absolute atomic E-state index is 0.0330. The van der Waals surface area contributed by atoms with E-state index in [1.165, 1.54) is 11.8 Å². The van der Waals surface area contributed by atoms with E-state index in [1.807, 2.05) is 19.1 Å². The van der Waals surface area contributed by atoms with Gasteiger partial charge in [-0.3, -0.25) is 4.79 Å². The minimum Gasteiger partial charge on any atom is -0.309 e. The summed E-state index contributed by atoms with van der Waals surface area (Å²) in [6, 6.07) is 3.94. The number of carbonyl (C=O) groups is 1. The Balaban J connectivity index is 2.44. The maximum atomic E-state index is 11.0. The van der Waals surface area contributed by atoms with E-state index in [1.54, 1.807) is 0 Å². The highest BCUT2D eigenvalue weighted by molar-refractivity contribution is 8.00. The first kappa shape index (κ1) is 7.61. The number of rotatable bonds is 0. The number of thioether (sulfide) groups is 1. The molecule has 4 heteroatoms. The van der Waals surface area contributed by atoms with Gasteiger partial charge in [0.2, 0.25) is 5.91 Å². The molecular formula is C8H8N2OS. The Labute approximate surface area is 74.6 Å². The van der Waals surface area contributed by atoms with Crippen LogP contribution in [-0.4, -0.2) is 16.6 Å². The Kier molecular flexibility index (Phi) is 1.77. The maximum Gasteiger partial charge on any atom is 0.235 e. The Morgan fingerprint density at radius 3 is 3.25 bits per heavy atom. The predicted molar refractivity (Wildman–Crippen MR) is 48.3 cm³/mol. The third-order valence-corrected chi connectivity index (χ3v) is 2.66. The van der Waals surface area contributed by atoms with Crippen molar-refractivity contribution in [2.75, 3.05) is 11.1 Å². The fourth-order valence-electron chi connectivity index (χ4n) is 1.06. The first-order chi connectivity index (χ1) is 5.75. The molecule has 1 N–H and O–H groups in total. The van der Waals surface area contributed by atoms with Crippen LogP contribution >= 0.6 is 11.8 Å². The number of hydrogen-bond acceptors (Lipinski definition) is 3. The van der Waals surface area contributed by atoms with Gasteiger partial charge in [-0.15, -0.1) is 11.8 Å². The van der Waals surface area contributed by atoms with Gasteiger partial charge in [-0.25, -0.2) is 4.98 Å². The summed E-state index contributed by atoms with van der Waals surface area (Å²) in [4.78, 5) is 16.2. The predicted octanol–water partition coefficient (Wildman–Crippen LogP) is 1.43. The first-order valence-corrected chi connectivity index (χ1v) is 4.64. The number of carbonyl (C=O) groups excluding carboxylic acids is 1. The van der Waals surface area contributed by atoms with Crippen LogP contribution in [0.15, 0.2) is 17.0 Å². The normalized spacial score (nSPS) is 15.2. The minimum atomic E-state index is 0.0330. The van der Waals surface area contributed by atoms with E-state index in [4.69, 9.17) is 0 Å². The molecule has 0 radical (unpaired) electrons. The molecule has 1 aliphatic heterocycles. The second kappa shape index (κ2) is 2.79. The highest BCUT2D eigenvalue weighted by atomic mass is 32.2. The van der Waals surface area contributed by atoms with E-state index in [0.29, 0.717) is 11.6 Å². The molecule has 62 valence electrons. The number of aromatic nitrogens is 1. The molecule has 0 fully saturated rings. The molecule has 1 aromatic rings. The van der Waals surface area contributed by atoms with Crippen molar-refractivity contribution >= 4 is 23.5 Å². The topological polar surface area (TPSA) is 42.0 Å². The van der Waals surface area contributed by atoms with E-state index < -0.39 is 0 Å². The molecule has 1 amide bonds. The van der Waals surface area contributed by atoms with Crippen LogP contribution in [0.1, 0.15) is 5.69 Å². The molecule has 0 saturated heterocycles. The summed E-state index contributed by atoms with van der Waals surface area (Å²) in [5.41, 5.74) is 0.927. The van der Waals surface area contributed by atoms with Gasteiger partial charge < -0.3 is 5.32 Å². The number of hydrogen-bond donors (Lipinski definition) is 1. The zero-order valence-corrected chi connectivity index (χ0v) is 7.44. The zero-order chi connectivity index (χ0) is 8.55. The van der Waals surface area contributed by atoms with Gasteiger partial charge in [-0.05, 0) is 19.1 Å². The average molecular weight is 180 g/mol. The molecule has 2 heterocycles.